The maximum absolute atomic E-state index is 14.1. The van der Waals surface area contributed by atoms with Gasteiger partial charge in [-0.25, -0.2) is 0 Å². The third-order valence-electron chi connectivity index (χ3n) is 9.20. The van der Waals surface area contributed by atoms with Gasteiger partial charge in [0.25, 0.3) is 5.91 Å². The number of furan rings is 1. The van der Waals surface area contributed by atoms with Crippen molar-refractivity contribution in [3.63, 3.8) is 0 Å². The highest BCUT2D eigenvalue weighted by Gasteiger charge is 2.36. The Morgan fingerprint density at radius 3 is 2.30 bits per heavy atom. The molecule has 0 N–H and O–H groups in total. The summed E-state index contributed by atoms with van der Waals surface area (Å²) in [4.78, 5) is 35.8. The molecule has 0 bridgehead atoms. The zero-order chi connectivity index (χ0) is 31.2. The molecule has 0 saturated carbocycles. The number of carbonyl (C=O) groups excluding carboxylic acids is 2. The molecule has 3 aliphatic rings. The highest BCUT2D eigenvalue weighted by Crippen LogP contribution is 2.47. The molecule has 8 rings (SSSR count). The van der Waals surface area contributed by atoms with Crippen LogP contribution in [0.3, 0.4) is 0 Å². The molecule has 2 aliphatic heterocycles. The number of benzene rings is 3. The average molecular weight is 638 g/mol. The second-order valence-electron chi connectivity index (χ2n) is 11.8. The first kappa shape index (κ1) is 28.7. The summed E-state index contributed by atoms with van der Waals surface area (Å²) in [5.74, 6) is 1.63. The molecule has 3 aromatic carbocycles. The third-order valence-corrected chi connectivity index (χ3v) is 9.45. The van der Waals surface area contributed by atoms with Gasteiger partial charge in [-0.2, -0.15) is 0 Å². The minimum absolute atomic E-state index is 0.0301. The number of halogens is 1. The molecular weight excluding hydrogens is 606 g/mol. The van der Waals surface area contributed by atoms with Gasteiger partial charge in [-0.05, 0) is 42.5 Å². The van der Waals surface area contributed by atoms with Crippen LogP contribution in [0.25, 0.3) is 22.2 Å². The Hall–Kier alpha value is -4.80. The van der Waals surface area contributed by atoms with E-state index < -0.39 is 0 Å². The summed E-state index contributed by atoms with van der Waals surface area (Å²) in [5, 5.41) is 6.02. The first-order valence-corrected chi connectivity index (χ1v) is 16.0. The number of piperazine rings is 2. The minimum atomic E-state index is -0.120. The van der Waals surface area contributed by atoms with E-state index in [2.05, 4.69) is 25.9 Å². The molecule has 46 heavy (non-hydrogen) atoms. The van der Waals surface area contributed by atoms with E-state index in [0.717, 1.165) is 60.8 Å². The van der Waals surface area contributed by atoms with Crippen LogP contribution in [0.4, 0.5) is 11.4 Å². The van der Waals surface area contributed by atoms with Crippen LogP contribution in [0.15, 0.2) is 81.9 Å². The maximum Gasteiger partial charge on any atom is 0.289 e. The second kappa shape index (κ2) is 11.9. The lowest BCUT2D eigenvalue weighted by atomic mass is 9.86. The number of ketones is 1. The van der Waals surface area contributed by atoms with Crippen molar-refractivity contribution < 1.29 is 23.3 Å². The lowest BCUT2D eigenvalue weighted by Gasteiger charge is -2.39. The van der Waals surface area contributed by atoms with Gasteiger partial charge in [-0.3, -0.25) is 14.5 Å². The number of amides is 1. The number of ether oxygens (including phenoxy) is 1. The van der Waals surface area contributed by atoms with Crippen LogP contribution >= 0.6 is 11.6 Å². The van der Waals surface area contributed by atoms with Crippen molar-refractivity contribution in [1.82, 2.24) is 15.0 Å². The van der Waals surface area contributed by atoms with Crippen molar-refractivity contribution >= 4 is 45.6 Å². The zero-order valence-electron chi connectivity index (χ0n) is 25.2. The van der Waals surface area contributed by atoms with E-state index in [-0.39, 0.29) is 11.7 Å². The Bertz CT molecular complexity index is 1910. The Morgan fingerprint density at radius 2 is 1.57 bits per heavy atom. The quantitative estimate of drug-likeness (QED) is 0.226. The van der Waals surface area contributed by atoms with Crippen LogP contribution < -0.4 is 14.5 Å². The summed E-state index contributed by atoms with van der Waals surface area (Å²) in [6.45, 7) is 6.94. The predicted octanol–water partition coefficient (Wildman–Crippen LogP) is 5.45. The molecule has 0 atom stereocenters. The highest BCUT2D eigenvalue weighted by molar-refractivity contribution is 6.30. The zero-order valence-corrected chi connectivity index (χ0v) is 25.9. The van der Waals surface area contributed by atoms with Crippen LogP contribution in [0.2, 0.25) is 5.02 Å². The molecule has 0 unspecified atom stereocenters. The summed E-state index contributed by atoms with van der Waals surface area (Å²) in [7, 11) is 0. The van der Waals surface area contributed by atoms with Gasteiger partial charge in [0.05, 0.1) is 28.6 Å². The van der Waals surface area contributed by atoms with Crippen LogP contribution in [0.5, 0.6) is 5.75 Å². The van der Waals surface area contributed by atoms with E-state index in [1.54, 1.807) is 17.0 Å². The fourth-order valence-electron chi connectivity index (χ4n) is 6.76. The number of aromatic nitrogens is 1. The summed E-state index contributed by atoms with van der Waals surface area (Å²) < 4.78 is 17.3. The normalized spacial score (nSPS) is 16.6. The van der Waals surface area contributed by atoms with E-state index in [9.17, 15) is 9.59 Å². The van der Waals surface area contributed by atoms with Gasteiger partial charge in [-0.1, -0.05) is 41.0 Å². The van der Waals surface area contributed by atoms with Gasteiger partial charge in [0.1, 0.15) is 17.9 Å². The predicted molar refractivity (Wildman–Crippen MR) is 175 cm³/mol. The molecule has 10 nitrogen and oxygen atoms in total. The van der Waals surface area contributed by atoms with E-state index >= 15 is 0 Å². The maximum atomic E-state index is 14.1. The van der Waals surface area contributed by atoms with Gasteiger partial charge in [-0.15, -0.1) is 0 Å². The average Bonchev–Trinajstić information content (AvgIpc) is 3.80. The van der Waals surface area contributed by atoms with Crippen molar-refractivity contribution in [2.45, 2.75) is 0 Å². The summed E-state index contributed by atoms with van der Waals surface area (Å²) in [6, 6.07) is 20.5. The Kier molecular flexibility index (Phi) is 7.38. The smallest absolute Gasteiger partial charge is 0.289 e. The van der Waals surface area contributed by atoms with Crippen molar-refractivity contribution in [3.8, 4) is 17.1 Å². The van der Waals surface area contributed by atoms with Crippen LogP contribution in [0.1, 0.15) is 26.5 Å². The molecule has 1 amide bonds. The van der Waals surface area contributed by atoms with Gasteiger partial charge < -0.3 is 28.4 Å². The largest absolute Gasteiger partial charge is 0.492 e. The molecule has 5 aromatic rings. The SMILES string of the molecule is O=C1c2ccccc2-c2onc3c(N4CCN(CCOc5ccc(Cl)cc5)CC4)cc(N4CCN(C(=O)c5ccco5)CC4)c1c23. The van der Waals surface area contributed by atoms with Crippen molar-refractivity contribution in [2.75, 3.05) is 75.3 Å². The van der Waals surface area contributed by atoms with E-state index in [1.807, 2.05) is 48.5 Å². The lowest BCUT2D eigenvalue weighted by Crippen LogP contribution is -2.49. The summed E-state index contributed by atoms with van der Waals surface area (Å²) >= 11 is 5.99. The van der Waals surface area contributed by atoms with Crippen molar-refractivity contribution in [3.05, 3.63) is 94.9 Å². The molecule has 2 aromatic heterocycles. The second-order valence-corrected chi connectivity index (χ2v) is 12.2. The van der Waals surface area contributed by atoms with Crippen molar-refractivity contribution in [2.24, 2.45) is 0 Å². The number of carbonyl (C=O) groups is 2. The van der Waals surface area contributed by atoms with Gasteiger partial charge in [0.2, 0.25) is 0 Å². The lowest BCUT2D eigenvalue weighted by molar-refractivity contribution is 0.0714. The molecule has 11 heteroatoms. The van der Waals surface area contributed by atoms with Gasteiger partial charge >= 0.3 is 0 Å². The van der Waals surface area contributed by atoms with Gasteiger partial charge in [0, 0.05) is 75.1 Å². The molecule has 1 aliphatic carbocycles. The highest BCUT2D eigenvalue weighted by atomic mass is 35.5. The monoisotopic (exact) mass is 637 g/mol. The Morgan fingerprint density at radius 1 is 0.848 bits per heavy atom. The third kappa shape index (κ3) is 5.07. The molecular formula is C35H32ClN5O5. The molecule has 234 valence electrons. The number of hydrogen-bond donors (Lipinski definition) is 0. The van der Waals surface area contributed by atoms with Crippen LogP contribution in [-0.2, 0) is 0 Å². The molecule has 2 fully saturated rings. The van der Waals surface area contributed by atoms with Gasteiger partial charge in [0.15, 0.2) is 17.3 Å². The number of fused-ring (bicyclic) bond motifs is 2. The van der Waals surface area contributed by atoms with E-state index in [1.165, 1.54) is 6.26 Å². The molecule has 4 heterocycles. The van der Waals surface area contributed by atoms with E-state index in [4.69, 9.17) is 25.3 Å². The number of nitrogens with zero attached hydrogens (tertiary/aromatic N) is 5. The fourth-order valence-corrected chi connectivity index (χ4v) is 6.88. The van der Waals surface area contributed by atoms with Crippen molar-refractivity contribution in [1.29, 1.82) is 0 Å². The standard InChI is InChI=1S/C35H32ClN5O5/c36-23-7-9-24(10-8-23)44-21-19-38-11-13-40(14-12-38)28-22-27(39-15-17-41(18-16-39)35(43)29-6-3-20-45-29)30-31-32(28)37-46-34(31)26-5-2-1-4-25(26)33(30)42/h1-10,20,22H,11-19,21H2. The molecule has 0 radical (unpaired) electrons. The van der Waals surface area contributed by atoms with E-state index in [0.29, 0.717) is 66.0 Å². The summed E-state index contributed by atoms with van der Waals surface area (Å²) in [6.07, 6.45) is 1.51. The number of hydrogen-bond acceptors (Lipinski definition) is 9. The summed E-state index contributed by atoms with van der Waals surface area (Å²) in [5.41, 5.74) is 4.53. The first-order valence-electron chi connectivity index (χ1n) is 15.6. The number of anilines is 2. The topological polar surface area (TPSA) is 95.5 Å². The molecule has 2 saturated heterocycles. The Labute approximate surface area is 270 Å². The minimum Gasteiger partial charge on any atom is -0.492 e. The van der Waals surface area contributed by atoms with Crippen LogP contribution in [0, 0.1) is 0 Å². The number of rotatable bonds is 7. The fraction of sp³-hybridized carbons (Fsp3) is 0.286. The molecule has 0 spiro atoms. The Balaban J connectivity index is 1.06. The van der Waals surface area contributed by atoms with Crippen LogP contribution in [-0.4, -0.2) is 92.2 Å². The first-order chi connectivity index (χ1) is 22.5.